The Morgan fingerprint density at radius 1 is 1.33 bits per heavy atom. The van der Waals surface area contributed by atoms with Crippen LogP contribution in [0.25, 0.3) is 0 Å². The number of Topliss-reactive ketones (excluding diaryl/α,β-unsaturated/α-hetero) is 1. The lowest BCUT2D eigenvalue weighted by molar-refractivity contribution is -0.0886. The van der Waals surface area contributed by atoms with Crippen molar-refractivity contribution in [3.8, 4) is 0 Å². The molecule has 1 aromatic heterocycles. The zero-order chi connectivity index (χ0) is 16.2. The van der Waals surface area contributed by atoms with Crippen LogP contribution >= 0.6 is 0 Å². The van der Waals surface area contributed by atoms with Gasteiger partial charge in [-0.1, -0.05) is 13.8 Å². The van der Waals surface area contributed by atoms with Crippen LogP contribution in [0.15, 0.2) is 0 Å². The topological polar surface area (TPSA) is 44.1 Å². The molecule has 1 heterocycles. The van der Waals surface area contributed by atoms with Gasteiger partial charge in [0.1, 0.15) is 0 Å². The van der Waals surface area contributed by atoms with Crippen LogP contribution in [0.1, 0.15) is 55.0 Å². The van der Waals surface area contributed by atoms with Crippen molar-refractivity contribution in [1.29, 1.82) is 0 Å². The smallest absolute Gasteiger partial charge is 0.385 e. The molecule has 1 unspecified atom stereocenters. The number of halogens is 3. The van der Waals surface area contributed by atoms with Gasteiger partial charge in [-0.05, 0) is 26.2 Å². The maximum absolute atomic E-state index is 12.8. The largest absolute Gasteiger partial charge is 0.455 e. The van der Waals surface area contributed by atoms with E-state index >= 15 is 0 Å². The third-order valence-corrected chi connectivity index (χ3v) is 3.39. The molecule has 120 valence electrons. The van der Waals surface area contributed by atoms with Gasteiger partial charge in [0.15, 0.2) is 0 Å². The van der Waals surface area contributed by atoms with Crippen molar-refractivity contribution in [1.82, 2.24) is 9.78 Å². The van der Waals surface area contributed by atoms with Gasteiger partial charge in [0.2, 0.25) is 0 Å². The first-order valence-corrected chi connectivity index (χ1v) is 6.98. The molecule has 7 heteroatoms. The van der Waals surface area contributed by atoms with Crippen molar-refractivity contribution in [3.05, 3.63) is 17.0 Å². The maximum atomic E-state index is 12.8. The lowest BCUT2D eigenvalue weighted by atomic mass is 10.0. The Hall–Kier alpha value is -1.37. The number of aryl methyl sites for hydroxylation is 1. The van der Waals surface area contributed by atoms with E-state index in [1.165, 1.54) is 4.68 Å². The summed E-state index contributed by atoms with van der Waals surface area (Å²) in [5.41, 5.74) is 0.271. The Morgan fingerprint density at radius 3 is 2.38 bits per heavy atom. The number of aromatic nitrogens is 2. The zero-order valence-electron chi connectivity index (χ0n) is 12.8. The van der Waals surface area contributed by atoms with E-state index < -0.39 is 12.0 Å². The van der Waals surface area contributed by atoms with E-state index in [1.54, 1.807) is 21.0 Å². The molecule has 0 bridgehead atoms. The molecule has 0 aliphatic carbocycles. The van der Waals surface area contributed by atoms with E-state index in [9.17, 15) is 18.0 Å². The number of hydrogen-bond acceptors (Lipinski definition) is 3. The first-order chi connectivity index (χ1) is 9.77. The predicted octanol–water partition coefficient (Wildman–Crippen LogP) is 3.35. The first-order valence-electron chi connectivity index (χ1n) is 6.98. The van der Waals surface area contributed by atoms with Crippen LogP contribution < -0.4 is 0 Å². The minimum absolute atomic E-state index is 0.125. The second kappa shape index (κ2) is 7.06. The minimum atomic E-state index is -4.88. The molecule has 0 aliphatic rings. The number of rotatable bonds is 7. The lowest BCUT2D eigenvalue weighted by Crippen LogP contribution is -2.25. The number of carbonyl (C=O) groups excluding carboxylic acids is 1. The second-order valence-electron chi connectivity index (χ2n) is 4.88. The van der Waals surface area contributed by atoms with Gasteiger partial charge in [0, 0.05) is 19.4 Å². The third-order valence-electron chi connectivity index (χ3n) is 3.39. The molecule has 1 atom stereocenters. The zero-order valence-corrected chi connectivity index (χ0v) is 12.8. The minimum Gasteiger partial charge on any atom is -0.385 e. The summed E-state index contributed by atoms with van der Waals surface area (Å²) in [5.74, 6) is -1.80. The molecule has 1 rings (SSSR count). The van der Waals surface area contributed by atoms with Crippen molar-refractivity contribution >= 4 is 5.78 Å². The van der Waals surface area contributed by atoms with Crippen molar-refractivity contribution in [2.75, 3.05) is 13.7 Å². The van der Waals surface area contributed by atoms with Crippen molar-refractivity contribution in [3.63, 3.8) is 0 Å². The molecule has 0 saturated heterocycles. The molecule has 21 heavy (non-hydrogen) atoms. The highest BCUT2D eigenvalue weighted by atomic mass is 19.4. The quantitative estimate of drug-likeness (QED) is 0.726. The Balaban J connectivity index is 3.31. The molecule has 0 aromatic carbocycles. The van der Waals surface area contributed by atoms with Crippen molar-refractivity contribution in [2.24, 2.45) is 0 Å². The van der Waals surface area contributed by atoms with E-state index in [2.05, 4.69) is 5.10 Å². The summed E-state index contributed by atoms with van der Waals surface area (Å²) in [6.45, 7) is 5.75. The molecule has 0 saturated carbocycles. The van der Waals surface area contributed by atoms with E-state index in [0.717, 1.165) is 0 Å². The fourth-order valence-corrected chi connectivity index (χ4v) is 2.29. The number of ether oxygens (including phenoxy) is 1. The second-order valence-corrected chi connectivity index (χ2v) is 4.88. The Bertz CT molecular complexity index is 495. The average molecular weight is 306 g/mol. The predicted molar refractivity (Wildman–Crippen MR) is 72.6 cm³/mol. The van der Waals surface area contributed by atoms with Gasteiger partial charge < -0.3 is 4.74 Å². The Kier molecular flexibility index (Phi) is 5.95. The number of nitrogens with zero attached hydrogens (tertiary/aromatic N) is 2. The summed E-state index contributed by atoms with van der Waals surface area (Å²) in [7, 11) is 1.56. The average Bonchev–Trinajstić information content (AvgIpc) is 2.80. The molecule has 0 spiro atoms. The van der Waals surface area contributed by atoms with Crippen molar-refractivity contribution in [2.45, 2.75) is 52.3 Å². The highest BCUT2D eigenvalue weighted by molar-refractivity contribution is 6.02. The monoisotopic (exact) mass is 306 g/mol. The van der Waals surface area contributed by atoms with Gasteiger partial charge >= 0.3 is 6.18 Å². The maximum Gasteiger partial charge on any atom is 0.455 e. The van der Waals surface area contributed by atoms with E-state index in [0.29, 0.717) is 25.1 Å². The number of alkyl halides is 3. The van der Waals surface area contributed by atoms with E-state index in [4.69, 9.17) is 4.74 Å². The molecule has 0 radical (unpaired) electrons. The summed E-state index contributed by atoms with van der Waals surface area (Å²) < 4.78 is 44.8. The molecule has 0 N–H and O–H groups in total. The van der Waals surface area contributed by atoms with Crippen LogP contribution in [0.5, 0.6) is 0 Å². The molecule has 0 fully saturated rings. The standard InChI is InChI=1S/C14H21F3N2O2/c1-5-10-12(13(20)14(15,16)17)11(6-2)19(18-10)9(3)7-8-21-4/h9H,5-8H2,1-4H3. The molecule has 0 aliphatic heterocycles. The van der Waals surface area contributed by atoms with Gasteiger partial charge in [-0.3, -0.25) is 9.48 Å². The molecule has 1 aromatic rings. The van der Waals surface area contributed by atoms with Crippen LogP contribution in [0.3, 0.4) is 0 Å². The fourth-order valence-electron chi connectivity index (χ4n) is 2.29. The first kappa shape index (κ1) is 17.7. The van der Waals surface area contributed by atoms with Gasteiger partial charge in [-0.2, -0.15) is 18.3 Å². The van der Waals surface area contributed by atoms with Gasteiger partial charge in [0.25, 0.3) is 5.78 Å². The molecular formula is C14H21F3N2O2. The van der Waals surface area contributed by atoms with Gasteiger partial charge in [-0.25, -0.2) is 0 Å². The van der Waals surface area contributed by atoms with Crippen LogP contribution in [-0.4, -0.2) is 35.5 Å². The Morgan fingerprint density at radius 2 is 1.95 bits per heavy atom. The highest BCUT2D eigenvalue weighted by Gasteiger charge is 2.43. The van der Waals surface area contributed by atoms with Crippen LogP contribution in [0.4, 0.5) is 13.2 Å². The Labute approximate surface area is 122 Å². The number of carbonyl (C=O) groups is 1. The number of ketones is 1. The van der Waals surface area contributed by atoms with Crippen LogP contribution in [0.2, 0.25) is 0 Å². The summed E-state index contributed by atoms with van der Waals surface area (Å²) in [5, 5.41) is 4.23. The summed E-state index contributed by atoms with van der Waals surface area (Å²) in [4.78, 5) is 11.7. The summed E-state index contributed by atoms with van der Waals surface area (Å²) in [6.07, 6.45) is -3.65. The molecular weight excluding hydrogens is 285 g/mol. The van der Waals surface area contributed by atoms with E-state index in [-0.39, 0.29) is 23.7 Å². The summed E-state index contributed by atoms with van der Waals surface area (Å²) >= 11 is 0. The van der Waals surface area contributed by atoms with Crippen LogP contribution in [0, 0.1) is 0 Å². The lowest BCUT2D eigenvalue weighted by Gasteiger charge is -2.15. The van der Waals surface area contributed by atoms with Gasteiger partial charge in [0.05, 0.1) is 17.3 Å². The van der Waals surface area contributed by atoms with Gasteiger partial charge in [-0.15, -0.1) is 0 Å². The SMILES string of the molecule is CCc1nn(C(C)CCOC)c(CC)c1C(=O)C(F)(F)F. The third kappa shape index (κ3) is 3.84. The van der Waals surface area contributed by atoms with Crippen LogP contribution in [-0.2, 0) is 17.6 Å². The normalized spacial score (nSPS) is 13.5. The molecule has 4 nitrogen and oxygen atoms in total. The van der Waals surface area contributed by atoms with E-state index in [1.807, 2.05) is 6.92 Å². The molecule has 0 amide bonds. The van der Waals surface area contributed by atoms with Crippen molar-refractivity contribution < 1.29 is 22.7 Å². The number of hydrogen-bond donors (Lipinski definition) is 0. The fraction of sp³-hybridized carbons (Fsp3) is 0.714. The summed E-state index contributed by atoms with van der Waals surface area (Å²) in [6, 6.07) is -0.125. The highest BCUT2D eigenvalue weighted by Crippen LogP contribution is 2.28. The number of methoxy groups -OCH3 is 1.